The zero-order valence-electron chi connectivity index (χ0n) is 16.5. The lowest BCUT2D eigenvalue weighted by atomic mass is 10.1. The highest BCUT2D eigenvalue weighted by Crippen LogP contribution is 2.28. The van der Waals surface area contributed by atoms with Gasteiger partial charge in [-0.2, -0.15) is 0 Å². The number of hydrogen-bond donors (Lipinski definition) is 1. The molecule has 0 saturated carbocycles. The first-order valence-electron chi connectivity index (χ1n) is 9.39. The number of carbonyl (C=O) groups is 2. The predicted molar refractivity (Wildman–Crippen MR) is 119 cm³/mol. The van der Waals surface area contributed by atoms with Gasteiger partial charge in [-0.15, -0.1) is 11.3 Å². The number of aromatic nitrogens is 2. The number of carbonyl (C=O) groups excluding carboxylic acids is 2. The average Bonchev–Trinajstić information content (AvgIpc) is 3.09. The normalized spacial score (nSPS) is 10.9. The summed E-state index contributed by atoms with van der Waals surface area (Å²) in [5.74, 6) is -0.458. The summed E-state index contributed by atoms with van der Waals surface area (Å²) < 4.78 is 1.29. The standard InChI is InChI=1S/C23H19N3O3S/c1-14-8-6-7-11-17(14)25-21(28)20-15(2)19-22(30-20)24-13-26(23(19)29)12-18(27)16-9-4-3-5-10-16/h3-11,13H,12H2,1-2H3,(H,25,28). The molecule has 6 nitrogen and oxygen atoms in total. The molecular weight excluding hydrogens is 398 g/mol. The monoisotopic (exact) mass is 417 g/mol. The summed E-state index contributed by atoms with van der Waals surface area (Å²) in [5.41, 5.74) is 2.45. The van der Waals surface area contributed by atoms with Crippen molar-refractivity contribution in [1.82, 2.24) is 9.55 Å². The van der Waals surface area contributed by atoms with Gasteiger partial charge in [0.25, 0.3) is 11.5 Å². The lowest BCUT2D eigenvalue weighted by Crippen LogP contribution is -2.24. The largest absolute Gasteiger partial charge is 0.321 e. The molecule has 0 atom stereocenters. The van der Waals surface area contributed by atoms with E-state index < -0.39 is 0 Å². The number of rotatable bonds is 5. The molecule has 2 aromatic carbocycles. The summed E-state index contributed by atoms with van der Waals surface area (Å²) in [6.07, 6.45) is 1.37. The first kappa shape index (κ1) is 19.7. The Balaban J connectivity index is 1.67. The third-order valence-electron chi connectivity index (χ3n) is 4.93. The number of fused-ring (bicyclic) bond motifs is 1. The van der Waals surface area contributed by atoms with E-state index >= 15 is 0 Å². The number of Topliss-reactive ketones (excluding diaryl/α,β-unsaturated/α-hetero) is 1. The molecule has 0 unspecified atom stereocenters. The molecule has 1 amide bonds. The maximum atomic E-state index is 13.0. The van der Waals surface area contributed by atoms with Crippen molar-refractivity contribution in [3.05, 3.63) is 92.8 Å². The van der Waals surface area contributed by atoms with Crippen molar-refractivity contribution in [2.45, 2.75) is 20.4 Å². The highest BCUT2D eigenvalue weighted by atomic mass is 32.1. The highest BCUT2D eigenvalue weighted by molar-refractivity contribution is 7.20. The molecular formula is C23H19N3O3S. The molecule has 2 heterocycles. The molecule has 0 radical (unpaired) electrons. The van der Waals surface area contributed by atoms with Crippen LogP contribution < -0.4 is 10.9 Å². The summed E-state index contributed by atoms with van der Waals surface area (Å²) in [6, 6.07) is 16.3. The smallest absolute Gasteiger partial charge is 0.266 e. The zero-order chi connectivity index (χ0) is 21.3. The second-order valence-electron chi connectivity index (χ2n) is 6.97. The first-order valence-corrected chi connectivity index (χ1v) is 10.2. The molecule has 0 aliphatic carbocycles. The molecule has 0 bridgehead atoms. The Morgan fingerprint density at radius 2 is 1.73 bits per heavy atom. The maximum Gasteiger partial charge on any atom is 0.266 e. The van der Waals surface area contributed by atoms with Gasteiger partial charge in [0.2, 0.25) is 0 Å². The Hall–Kier alpha value is -3.58. The Morgan fingerprint density at radius 3 is 2.47 bits per heavy atom. The lowest BCUT2D eigenvalue weighted by molar-refractivity contribution is 0.0969. The summed E-state index contributed by atoms with van der Waals surface area (Å²) in [6.45, 7) is 3.54. The van der Waals surface area contributed by atoms with Crippen molar-refractivity contribution < 1.29 is 9.59 Å². The molecule has 0 aliphatic heterocycles. The lowest BCUT2D eigenvalue weighted by Gasteiger charge is -2.07. The number of ketones is 1. The Bertz CT molecular complexity index is 1320. The van der Waals surface area contributed by atoms with Crippen LogP contribution in [0.2, 0.25) is 0 Å². The first-order chi connectivity index (χ1) is 14.5. The molecule has 0 spiro atoms. The van der Waals surface area contributed by atoms with Crippen molar-refractivity contribution in [1.29, 1.82) is 0 Å². The number of amides is 1. The Morgan fingerprint density at radius 1 is 1.03 bits per heavy atom. The quantitative estimate of drug-likeness (QED) is 0.493. The molecule has 4 rings (SSSR count). The zero-order valence-corrected chi connectivity index (χ0v) is 17.3. The van der Waals surface area contributed by atoms with E-state index in [1.165, 1.54) is 22.2 Å². The van der Waals surface area contributed by atoms with Crippen LogP contribution in [0.25, 0.3) is 10.2 Å². The molecule has 2 aromatic heterocycles. The van der Waals surface area contributed by atoms with Crippen LogP contribution in [-0.2, 0) is 6.54 Å². The molecule has 0 saturated heterocycles. The molecule has 1 N–H and O–H groups in total. The van der Waals surface area contributed by atoms with E-state index in [1.54, 1.807) is 31.2 Å². The second-order valence-corrected chi connectivity index (χ2v) is 7.97. The van der Waals surface area contributed by atoms with Crippen LogP contribution in [0.3, 0.4) is 0 Å². The van der Waals surface area contributed by atoms with Gasteiger partial charge in [-0.05, 0) is 31.0 Å². The molecule has 0 aliphatic rings. The number of thiophene rings is 1. The third kappa shape index (κ3) is 3.67. The van der Waals surface area contributed by atoms with Gasteiger partial charge in [0.05, 0.1) is 23.1 Å². The van der Waals surface area contributed by atoms with E-state index in [0.29, 0.717) is 26.2 Å². The minimum Gasteiger partial charge on any atom is -0.321 e. The van der Waals surface area contributed by atoms with Crippen molar-refractivity contribution in [3.63, 3.8) is 0 Å². The van der Waals surface area contributed by atoms with Crippen molar-refractivity contribution in [2.24, 2.45) is 0 Å². The highest BCUT2D eigenvalue weighted by Gasteiger charge is 2.20. The van der Waals surface area contributed by atoms with E-state index in [4.69, 9.17) is 0 Å². The predicted octanol–water partition coefficient (Wildman–Crippen LogP) is 4.21. The van der Waals surface area contributed by atoms with Crippen LogP contribution in [0.15, 0.2) is 65.7 Å². The van der Waals surface area contributed by atoms with E-state index in [-0.39, 0.29) is 23.8 Å². The minimum absolute atomic E-state index is 0.105. The topological polar surface area (TPSA) is 81.1 Å². The van der Waals surface area contributed by atoms with Crippen LogP contribution in [0.4, 0.5) is 5.69 Å². The van der Waals surface area contributed by atoms with Crippen LogP contribution in [0, 0.1) is 13.8 Å². The van der Waals surface area contributed by atoms with E-state index in [1.807, 2.05) is 37.3 Å². The van der Waals surface area contributed by atoms with E-state index in [0.717, 1.165) is 11.3 Å². The number of benzene rings is 2. The van der Waals surface area contributed by atoms with Gasteiger partial charge in [-0.1, -0.05) is 48.5 Å². The van der Waals surface area contributed by atoms with Gasteiger partial charge < -0.3 is 5.32 Å². The number of aryl methyl sites for hydroxylation is 2. The number of nitrogens with one attached hydrogen (secondary N) is 1. The number of hydrogen-bond acceptors (Lipinski definition) is 5. The van der Waals surface area contributed by atoms with Crippen LogP contribution in [0.1, 0.15) is 31.2 Å². The molecule has 0 fully saturated rings. The summed E-state index contributed by atoms with van der Waals surface area (Å²) >= 11 is 1.17. The van der Waals surface area contributed by atoms with Crippen molar-refractivity contribution in [3.8, 4) is 0 Å². The van der Waals surface area contributed by atoms with E-state index in [2.05, 4.69) is 10.3 Å². The molecule has 150 valence electrons. The third-order valence-corrected chi connectivity index (χ3v) is 6.13. The second kappa shape index (κ2) is 8.04. The number of nitrogens with zero attached hydrogens (tertiary/aromatic N) is 2. The van der Waals surface area contributed by atoms with E-state index in [9.17, 15) is 14.4 Å². The van der Waals surface area contributed by atoms with Gasteiger partial charge in [-0.25, -0.2) is 4.98 Å². The van der Waals surface area contributed by atoms with Gasteiger partial charge in [-0.3, -0.25) is 19.0 Å². The summed E-state index contributed by atoms with van der Waals surface area (Å²) in [4.78, 5) is 43.6. The molecule has 30 heavy (non-hydrogen) atoms. The fraction of sp³-hybridized carbons (Fsp3) is 0.130. The minimum atomic E-state index is -0.326. The average molecular weight is 417 g/mol. The van der Waals surface area contributed by atoms with Gasteiger partial charge in [0, 0.05) is 11.3 Å². The van der Waals surface area contributed by atoms with Crippen LogP contribution in [-0.4, -0.2) is 21.2 Å². The van der Waals surface area contributed by atoms with Crippen LogP contribution >= 0.6 is 11.3 Å². The number of para-hydroxylation sites is 1. The van der Waals surface area contributed by atoms with Gasteiger partial charge >= 0.3 is 0 Å². The summed E-state index contributed by atoms with van der Waals surface area (Å²) in [5, 5.41) is 3.27. The summed E-state index contributed by atoms with van der Waals surface area (Å²) in [7, 11) is 0. The Kier molecular flexibility index (Phi) is 5.29. The fourth-order valence-electron chi connectivity index (χ4n) is 3.25. The Labute approximate surface area is 176 Å². The number of anilines is 1. The van der Waals surface area contributed by atoms with Crippen molar-refractivity contribution >= 4 is 38.9 Å². The SMILES string of the molecule is Cc1ccccc1NC(=O)c1sc2ncn(CC(=O)c3ccccc3)c(=O)c2c1C. The van der Waals surface area contributed by atoms with Crippen LogP contribution in [0.5, 0.6) is 0 Å². The molecule has 7 heteroatoms. The van der Waals surface area contributed by atoms with Gasteiger partial charge in [0.15, 0.2) is 5.78 Å². The molecule has 4 aromatic rings. The maximum absolute atomic E-state index is 13.0. The van der Waals surface area contributed by atoms with Gasteiger partial charge in [0.1, 0.15) is 4.83 Å². The van der Waals surface area contributed by atoms with Crippen molar-refractivity contribution in [2.75, 3.05) is 5.32 Å². The fourth-order valence-corrected chi connectivity index (χ4v) is 4.29.